The first kappa shape index (κ1) is 11.5. The third-order valence-corrected chi connectivity index (χ3v) is 3.27. The average molecular weight is 285 g/mol. The standard InChI is InChI=1S/C11H13BrN2O2/c12-10-8(2-1-5-13-10)11(16)14-6-9(15)7-3-4-7/h1-2,5,7,9,15H,3-4,6H2,(H,14,16). The largest absolute Gasteiger partial charge is 0.391 e. The molecule has 0 aliphatic heterocycles. The van der Waals surface area contributed by atoms with Crippen molar-refractivity contribution in [1.82, 2.24) is 10.3 Å². The minimum absolute atomic E-state index is 0.209. The van der Waals surface area contributed by atoms with Crippen molar-refractivity contribution in [1.29, 1.82) is 0 Å². The maximum atomic E-state index is 11.7. The van der Waals surface area contributed by atoms with Gasteiger partial charge in [-0.05, 0) is 46.8 Å². The molecule has 5 heteroatoms. The minimum Gasteiger partial charge on any atom is -0.391 e. The van der Waals surface area contributed by atoms with E-state index >= 15 is 0 Å². The Morgan fingerprint density at radius 1 is 1.69 bits per heavy atom. The van der Waals surface area contributed by atoms with E-state index in [-0.39, 0.29) is 5.91 Å². The molecule has 1 aromatic heterocycles. The summed E-state index contributed by atoms with van der Waals surface area (Å²) in [7, 11) is 0. The van der Waals surface area contributed by atoms with Crippen LogP contribution in [0.25, 0.3) is 0 Å². The molecule has 1 fully saturated rings. The molecule has 1 amide bonds. The number of aliphatic hydroxyl groups is 1. The van der Waals surface area contributed by atoms with Gasteiger partial charge in [0.15, 0.2) is 0 Å². The highest BCUT2D eigenvalue weighted by Gasteiger charge is 2.29. The van der Waals surface area contributed by atoms with Gasteiger partial charge in [-0.15, -0.1) is 0 Å². The lowest BCUT2D eigenvalue weighted by Crippen LogP contribution is -2.33. The summed E-state index contributed by atoms with van der Waals surface area (Å²) < 4.78 is 0.522. The van der Waals surface area contributed by atoms with Crippen LogP contribution in [0.5, 0.6) is 0 Å². The van der Waals surface area contributed by atoms with E-state index in [0.29, 0.717) is 22.6 Å². The third kappa shape index (κ3) is 2.80. The summed E-state index contributed by atoms with van der Waals surface area (Å²) in [6, 6.07) is 3.40. The van der Waals surface area contributed by atoms with Gasteiger partial charge < -0.3 is 10.4 Å². The monoisotopic (exact) mass is 284 g/mol. The number of carbonyl (C=O) groups excluding carboxylic acids is 1. The van der Waals surface area contributed by atoms with E-state index in [9.17, 15) is 9.90 Å². The molecule has 16 heavy (non-hydrogen) atoms. The second-order valence-electron chi connectivity index (χ2n) is 3.96. The van der Waals surface area contributed by atoms with Crippen LogP contribution in [0.1, 0.15) is 23.2 Å². The molecule has 86 valence electrons. The van der Waals surface area contributed by atoms with E-state index in [2.05, 4.69) is 26.2 Å². The highest BCUT2D eigenvalue weighted by atomic mass is 79.9. The van der Waals surface area contributed by atoms with Gasteiger partial charge >= 0.3 is 0 Å². The topological polar surface area (TPSA) is 62.2 Å². The highest BCUT2D eigenvalue weighted by Crippen LogP contribution is 2.32. The van der Waals surface area contributed by atoms with E-state index in [1.54, 1.807) is 18.3 Å². The molecular formula is C11H13BrN2O2. The maximum absolute atomic E-state index is 11.7. The summed E-state index contributed by atoms with van der Waals surface area (Å²) in [5.41, 5.74) is 0.491. The van der Waals surface area contributed by atoms with Gasteiger partial charge in [-0.3, -0.25) is 4.79 Å². The SMILES string of the molecule is O=C(NCC(O)C1CC1)c1cccnc1Br. The quantitative estimate of drug-likeness (QED) is 0.821. The van der Waals surface area contributed by atoms with Crippen LogP contribution in [0, 0.1) is 5.92 Å². The first-order valence-electron chi connectivity index (χ1n) is 5.25. The number of carbonyl (C=O) groups is 1. The van der Waals surface area contributed by atoms with Crippen molar-refractivity contribution in [3.8, 4) is 0 Å². The number of rotatable bonds is 4. The summed E-state index contributed by atoms with van der Waals surface area (Å²) in [6.45, 7) is 0.310. The molecule has 1 aliphatic rings. The zero-order valence-corrected chi connectivity index (χ0v) is 10.3. The van der Waals surface area contributed by atoms with Crippen molar-refractivity contribution >= 4 is 21.8 Å². The van der Waals surface area contributed by atoms with Crippen molar-refractivity contribution in [2.45, 2.75) is 18.9 Å². The second kappa shape index (κ2) is 4.93. The Hall–Kier alpha value is -0.940. The Balaban J connectivity index is 1.90. The summed E-state index contributed by atoms with van der Waals surface area (Å²) in [5, 5.41) is 12.3. The molecule has 0 spiro atoms. The Labute approximate surface area is 102 Å². The number of nitrogens with zero attached hydrogens (tertiary/aromatic N) is 1. The fourth-order valence-electron chi connectivity index (χ4n) is 1.50. The highest BCUT2D eigenvalue weighted by molar-refractivity contribution is 9.10. The van der Waals surface area contributed by atoms with Crippen molar-refractivity contribution in [3.63, 3.8) is 0 Å². The van der Waals surface area contributed by atoms with Gasteiger partial charge in [-0.1, -0.05) is 0 Å². The molecule has 0 bridgehead atoms. The summed E-state index contributed by atoms with van der Waals surface area (Å²) >= 11 is 3.21. The third-order valence-electron chi connectivity index (χ3n) is 2.64. The zero-order valence-electron chi connectivity index (χ0n) is 8.69. The van der Waals surface area contributed by atoms with Crippen LogP contribution in [0.15, 0.2) is 22.9 Å². The van der Waals surface area contributed by atoms with E-state index < -0.39 is 6.10 Å². The number of pyridine rings is 1. The fraction of sp³-hybridized carbons (Fsp3) is 0.455. The molecular weight excluding hydrogens is 272 g/mol. The number of aliphatic hydroxyl groups excluding tert-OH is 1. The summed E-state index contributed by atoms with van der Waals surface area (Å²) in [6.07, 6.45) is 3.32. The molecule has 1 unspecified atom stereocenters. The number of halogens is 1. The molecule has 0 aromatic carbocycles. The lowest BCUT2D eigenvalue weighted by Gasteiger charge is -2.10. The lowest BCUT2D eigenvalue weighted by atomic mass is 10.2. The van der Waals surface area contributed by atoms with Crippen LogP contribution in [0.2, 0.25) is 0 Å². The van der Waals surface area contributed by atoms with Gasteiger partial charge in [0.2, 0.25) is 0 Å². The number of aromatic nitrogens is 1. The molecule has 1 atom stereocenters. The van der Waals surface area contributed by atoms with Crippen molar-refractivity contribution in [2.24, 2.45) is 5.92 Å². The van der Waals surface area contributed by atoms with E-state index in [4.69, 9.17) is 0 Å². The van der Waals surface area contributed by atoms with Crippen molar-refractivity contribution in [3.05, 3.63) is 28.5 Å². The molecule has 2 N–H and O–H groups in total. The molecule has 0 saturated heterocycles. The van der Waals surface area contributed by atoms with E-state index in [1.165, 1.54) is 0 Å². The first-order chi connectivity index (χ1) is 7.68. The minimum atomic E-state index is -0.417. The van der Waals surface area contributed by atoms with Crippen LogP contribution < -0.4 is 5.32 Å². The summed E-state index contributed by atoms with van der Waals surface area (Å²) in [5.74, 6) is 0.164. The Morgan fingerprint density at radius 2 is 2.44 bits per heavy atom. The number of nitrogens with one attached hydrogen (secondary N) is 1. The van der Waals surface area contributed by atoms with E-state index in [1.807, 2.05) is 0 Å². The van der Waals surface area contributed by atoms with Gasteiger partial charge in [0, 0.05) is 12.7 Å². The van der Waals surface area contributed by atoms with Crippen LogP contribution in [0.4, 0.5) is 0 Å². The molecule has 0 radical (unpaired) electrons. The normalized spacial score (nSPS) is 16.9. The predicted octanol–water partition coefficient (Wildman–Crippen LogP) is 1.34. The summed E-state index contributed by atoms with van der Waals surface area (Å²) in [4.78, 5) is 15.7. The fourth-order valence-corrected chi connectivity index (χ4v) is 1.93. The van der Waals surface area contributed by atoms with Gasteiger partial charge in [0.1, 0.15) is 4.60 Å². The van der Waals surface area contributed by atoms with Crippen LogP contribution in [-0.2, 0) is 0 Å². The maximum Gasteiger partial charge on any atom is 0.254 e. The van der Waals surface area contributed by atoms with Gasteiger partial charge in [-0.25, -0.2) is 4.98 Å². The molecule has 1 saturated carbocycles. The van der Waals surface area contributed by atoms with Crippen LogP contribution in [-0.4, -0.2) is 28.6 Å². The number of hydrogen-bond acceptors (Lipinski definition) is 3. The van der Waals surface area contributed by atoms with Crippen molar-refractivity contribution < 1.29 is 9.90 Å². The number of amides is 1. The zero-order chi connectivity index (χ0) is 11.5. The lowest BCUT2D eigenvalue weighted by molar-refractivity contribution is 0.0900. The first-order valence-corrected chi connectivity index (χ1v) is 6.04. The predicted molar refractivity (Wildman–Crippen MR) is 63.0 cm³/mol. The van der Waals surface area contributed by atoms with Crippen molar-refractivity contribution in [2.75, 3.05) is 6.54 Å². The Bertz CT molecular complexity index is 393. The number of hydrogen-bond donors (Lipinski definition) is 2. The molecule has 1 heterocycles. The molecule has 4 nitrogen and oxygen atoms in total. The van der Waals surface area contributed by atoms with Gasteiger partial charge in [-0.2, -0.15) is 0 Å². The second-order valence-corrected chi connectivity index (χ2v) is 4.71. The molecule has 1 aromatic rings. The average Bonchev–Trinajstić information content (AvgIpc) is 3.10. The Kier molecular flexibility index (Phi) is 3.56. The Morgan fingerprint density at radius 3 is 3.06 bits per heavy atom. The smallest absolute Gasteiger partial charge is 0.254 e. The van der Waals surface area contributed by atoms with Gasteiger partial charge in [0.05, 0.1) is 11.7 Å². The molecule has 2 rings (SSSR count). The van der Waals surface area contributed by atoms with Crippen LogP contribution >= 0.6 is 15.9 Å². The van der Waals surface area contributed by atoms with Crippen LogP contribution in [0.3, 0.4) is 0 Å². The molecule has 1 aliphatic carbocycles. The van der Waals surface area contributed by atoms with E-state index in [0.717, 1.165) is 12.8 Å². The van der Waals surface area contributed by atoms with Gasteiger partial charge in [0.25, 0.3) is 5.91 Å².